The molecule has 1 aromatic heterocycles. The van der Waals surface area contributed by atoms with E-state index in [0.29, 0.717) is 42.1 Å². The maximum Gasteiger partial charge on any atom is 0.339 e. The largest absolute Gasteiger partial charge is 0.492 e. The molecule has 0 spiro atoms. The van der Waals surface area contributed by atoms with Crippen LogP contribution in [0.2, 0.25) is 0 Å². The van der Waals surface area contributed by atoms with Gasteiger partial charge in [0.1, 0.15) is 18.1 Å². The lowest BCUT2D eigenvalue weighted by Crippen LogP contribution is -2.29. The summed E-state index contributed by atoms with van der Waals surface area (Å²) in [4.78, 5) is 27.2. The van der Waals surface area contributed by atoms with Gasteiger partial charge in [-0.15, -0.1) is 0 Å². The van der Waals surface area contributed by atoms with Crippen LogP contribution in [0, 0.1) is 6.92 Å². The molecule has 0 atom stereocenters. The highest BCUT2D eigenvalue weighted by Gasteiger charge is 2.23. The van der Waals surface area contributed by atoms with Gasteiger partial charge in [0.05, 0.1) is 19.2 Å². The number of H-pyrrole nitrogens is 1. The van der Waals surface area contributed by atoms with Crippen LogP contribution in [0.25, 0.3) is 0 Å². The van der Waals surface area contributed by atoms with E-state index in [2.05, 4.69) is 10.3 Å². The number of methoxy groups -OCH3 is 1. The Bertz CT molecular complexity index is 707. The Balaban J connectivity index is 1.97. The zero-order chi connectivity index (χ0) is 17.5. The molecule has 1 aromatic carbocycles. The normalized spacial score (nSPS) is 10.3. The number of aromatic amines is 1. The van der Waals surface area contributed by atoms with Crippen LogP contribution in [0.4, 0.5) is 0 Å². The van der Waals surface area contributed by atoms with E-state index in [4.69, 9.17) is 9.47 Å². The van der Waals surface area contributed by atoms with Gasteiger partial charge in [0.2, 0.25) is 0 Å². The summed E-state index contributed by atoms with van der Waals surface area (Å²) in [6, 6.07) is 9.39. The third kappa shape index (κ3) is 3.95. The van der Waals surface area contributed by atoms with E-state index in [0.717, 1.165) is 5.75 Å². The van der Waals surface area contributed by atoms with Crippen molar-refractivity contribution in [3.8, 4) is 5.75 Å². The number of carbonyl (C=O) groups excluding carboxylic acids is 2. The molecule has 2 aromatic rings. The third-order valence-electron chi connectivity index (χ3n) is 3.70. The fourth-order valence-electron chi connectivity index (χ4n) is 2.47. The number of hydrogen-bond acceptors (Lipinski definition) is 4. The molecule has 0 saturated carbocycles. The van der Waals surface area contributed by atoms with Gasteiger partial charge in [0.25, 0.3) is 5.91 Å². The summed E-state index contributed by atoms with van der Waals surface area (Å²) in [5, 5.41) is 2.78. The van der Waals surface area contributed by atoms with Gasteiger partial charge in [-0.3, -0.25) is 4.79 Å². The lowest BCUT2D eigenvalue weighted by molar-refractivity contribution is 0.0599. The first-order valence-electron chi connectivity index (χ1n) is 7.84. The van der Waals surface area contributed by atoms with Crippen LogP contribution < -0.4 is 10.1 Å². The van der Waals surface area contributed by atoms with Gasteiger partial charge in [-0.1, -0.05) is 25.1 Å². The summed E-state index contributed by atoms with van der Waals surface area (Å²) in [6.07, 6.45) is 0.607. The average molecular weight is 330 g/mol. The quantitative estimate of drug-likeness (QED) is 0.604. The second kappa shape index (κ2) is 8.19. The Morgan fingerprint density at radius 3 is 2.54 bits per heavy atom. The van der Waals surface area contributed by atoms with E-state index in [-0.39, 0.29) is 5.91 Å². The van der Waals surface area contributed by atoms with Crippen LogP contribution in [-0.4, -0.2) is 37.1 Å². The van der Waals surface area contributed by atoms with E-state index in [1.807, 2.05) is 37.3 Å². The SMILES string of the molecule is CCc1[nH]c(C(=O)NCCOc2ccccc2)c(C)c1C(=O)OC. The van der Waals surface area contributed by atoms with E-state index in [1.165, 1.54) is 7.11 Å². The molecule has 2 N–H and O–H groups in total. The molecule has 6 nitrogen and oxygen atoms in total. The Morgan fingerprint density at radius 1 is 1.21 bits per heavy atom. The third-order valence-corrected chi connectivity index (χ3v) is 3.70. The highest BCUT2D eigenvalue weighted by Crippen LogP contribution is 2.20. The van der Waals surface area contributed by atoms with Crippen molar-refractivity contribution in [3.63, 3.8) is 0 Å². The fraction of sp³-hybridized carbons (Fsp3) is 0.333. The van der Waals surface area contributed by atoms with E-state index < -0.39 is 5.97 Å². The lowest BCUT2D eigenvalue weighted by atomic mass is 10.1. The number of para-hydroxylation sites is 1. The lowest BCUT2D eigenvalue weighted by Gasteiger charge is -2.07. The van der Waals surface area contributed by atoms with Crippen LogP contribution in [0.3, 0.4) is 0 Å². The summed E-state index contributed by atoms with van der Waals surface area (Å²) >= 11 is 0. The van der Waals surface area contributed by atoms with Crippen molar-refractivity contribution in [2.45, 2.75) is 20.3 Å². The van der Waals surface area contributed by atoms with E-state index >= 15 is 0 Å². The molecule has 24 heavy (non-hydrogen) atoms. The number of ether oxygens (including phenoxy) is 2. The maximum atomic E-state index is 12.3. The molecule has 0 fully saturated rings. The molecule has 0 unspecified atom stereocenters. The monoisotopic (exact) mass is 330 g/mol. The van der Waals surface area contributed by atoms with Crippen molar-refractivity contribution < 1.29 is 19.1 Å². The standard InChI is InChI=1S/C18H22N2O4/c1-4-14-15(18(22)23-3)12(2)16(20-14)17(21)19-10-11-24-13-8-6-5-7-9-13/h5-9,20H,4,10-11H2,1-3H3,(H,19,21). The smallest absolute Gasteiger partial charge is 0.339 e. The number of hydrogen-bond donors (Lipinski definition) is 2. The number of carbonyl (C=O) groups is 2. The molecule has 1 amide bonds. The molecular weight excluding hydrogens is 308 g/mol. The first-order chi connectivity index (χ1) is 11.6. The first-order valence-corrected chi connectivity index (χ1v) is 7.84. The summed E-state index contributed by atoms with van der Waals surface area (Å²) in [6.45, 7) is 4.37. The second-order valence-electron chi connectivity index (χ2n) is 5.24. The molecule has 0 bridgehead atoms. The summed E-state index contributed by atoms with van der Waals surface area (Å²) in [7, 11) is 1.33. The Hall–Kier alpha value is -2.76. The van der Waals surface area contributed by atoms with Gasteiger partial charge >= 0.3 is 5.97 Å². The van der Waals surface area contributed by atoms with E-state index in [9.17, 15) is 9.59 Å². The topological polar surface area (TPSA) is 80.4 Å². The van der Waals surface area contributed by atoms with Crippen molar-refractivity contribution in [1.82, 2.24) is 10.3 Å². The van der Waals surface area contributed by atoms with Crippen LogP contribution in [0.5, 0.6) is 5.75 Å². The molecule has 2 rings (SSSR count). The second-order valence-corrected chi connectivity index (χ2v) is 5.24. The minimum atomic E-state index is -0.438. The number of aryl methyl sites for hydroxylation is 1. The maximum absolute atomic E-state index is 12.3. The zero-order valence-electron chi connectivity index (χ0n) is 14.1. The Kier molecular flexibility index (Phi) is 6.01. The number of esters is 1. The first kappa shape index (κ1) is 17.6. The van der Waals surface area contributed by atoms with Gasteiger partial charge in [-0.2, -0.15) is 0 Å². The molecule has 0 aliphatic rings. The molecule has 0 radical (unpaired) electrons. The molecule has 128 valence electrons. The Morgan fingerprint density at radius 2 is 1.92 bits per heavy atom. The van der Waals surface area contributed by atoms with Crippen LogP contribution in [0.1, 0.15) is 39.0 Å². The van der Waals surface area contributed by atoms with E-state index in [1.54, 1.807) is 6.92 Å². The highest BCUT2D eigenvalue weighted by atomic mass is 16.5. The summed E-state index contributed by atoms with van der Waals surface area (Å²) in [5.41, 5.74) is 2.11. The van der Waals surface area contributed by atoms with Gasteiger partial charge in [0, 0.05) is 5.69 Å². The van der Waals surface area contributed by atoms with Crippen molar-refractivity contribution in [2.75, 3.05) is 20.3 Å². The average Bonchev–Trinajstić information content (AvgIpc) is 2.95. The predicted molar refractivity (Wildman–Crippen MR) is 90.5 cm³/mol. The molecule has 0 aliphatic heterocycles. The van der Waals surface area contributed by atoms with Gasteiger partial charge < -0.3 is 19.8 Å². The zero-order valence-corrected chi connectivity index (χ0v) is 14.1. The van der Waals surface area contributed by atoms with Gasteiger partial charge in [-0.25, -0.2) is 4.79 Å². The number of benzene rings is 1. The van der Waals surface area contributed by atoms with Crippen molar-refractivity contribution >= 4 is 11.9 Å². The molecule has 0 aliphatic carbocycles. The molecule has 6 heteroatoms. The molecule has 0 saturated heterocycles. The van der Waals surface area contributed by atoms with Crippen LogP contribution in [0.15, 0.2) is 30.3 Å². The Labute approximate surface area is 141 Å². The van der Waals surface area contributed by atoms with Crippen molar-refractivity contribution in [1.29, 1.82) is 0 Å². The van der Waals surface area contributed by atoms with Gasteiger partial charge in [0.15, 0.2) is 0 Å². The van der Waals surface area contributed by atoms with Crippen molar-refractivity contribution in [3.05, 3.63) is 52.8 Å². The number of amides is 1. The minimum Gasteiger partial charge on any atom is -0.492 e. The minimum absolute atomic E-state index is 0.269. The van der Waals surface area contributed by atoms with Crippen LogP contribution in [-0.2, 0) is 11.2 Å². The summed E-state index contributed by atoms with van der Waals surface area (Å²) in [5.74, 6) is 0.0464. The summed E-state index contributed by atoms with van der Waals surface area (Å²) < 4.78 is 10.3. The fourth-order valence-corrected chi connectivity index (χ4v) is 2.47. The number of aromatic nitrogens is 1. The van der Waals surface area contributed by atoms with Crippen molar-refractivity contribution in [2.24, 2.45) is 0 Å². The van der Waals surface area contributed by atoms with Gasteiger partial charge in [-0.05, 0) is 31.0 Å². The molecule has 1 heterocycles. The number of rotatable bonds is 7. The molecular formula is C18H22N2O4. The van der Waals surface area contributed by atoms with Crippen LogP contribution >= 0.6 is 0 Å². The highest BCUT2D eigenvalue weighted by molar-refractivity contribution is 6.00. The number of nitrogens with one attached hydrogen (secondary N) is 2. The predicted octanol–water partition coefficient (Wildman–Crippen LogP) is 2.48.